The predicted octanol–water partition coefficient (Wildman–Crippen LogP) is 2.89. The number of hydrogen-bond donors (Lipinski definition) is 2. The Morgan fingerprint density at radius 3 is 2.16 bits per heavy atom. The molecule has 0 aliphatic heterocycles. The number of rotatable bonds is 12. The summed E-state index contributed by atoms with van der Waals surface area (Å²) in [6, 6.07) is 0.541. The standard InChI is InChI=1S/C16H36N2O/c1-6-9-10-18(11-12-19)14-16(7-2,8-3)13-17-15(4)5/h15,17,19H,6-14H2,1-5H3. The van der Waals surface area contributed by atoms with Crippen LogP contribution < -0.4 is 5.32 Å². The van der Waals surface area contributed by atoms with E-state index in [4.69, 9.17) is 0 Å². The van der Waals surface area contributed by atoms with E-state index in [0.717, 1.165) is 26.2 Å². The van der Waals surface area contributed by atoms with Gasteiger partial charge >= 0.3 is 0 Å². The van der Waals surface area contributed by atoms with Gasteiger partial charge in [-0.1, -0.05) is 41.0 Å². The van der Waals surface area contributed by atoms with Gasteiger partial charge in [0.2, 0.25) is 0 Å². The first-order chi connectivity index (χ1) is 9.03. The van der Waals surface area contributed by atoms with Crippen molar-refractivity contribution in [1.82, 2.24) is 10.2 Å². The normalized spacial score (nSPS) is 12.6. The summed E-state index contributed by atoms with van der Waals surface area (Å²) < 4.78 is 0. The lowest BCUT2D eigenvalue weighted by Gasteiger charge is -2.38. The first-order valence-corrected chi connectivity index (χ1v) is 8.10. The minimum Gasteiger partial charge on any atom is -0.395 e. The fourth-order valence-corrected chi connectivity index (χ4v) is 2.47. The maximum absolute atomic E-state index is 9.24. The van der Waals surface area contributed by atoms with E-state index in [1.807, 2.05) is 0 Å². The largest absolute Gasteiger partial charge is 0.395 e. The summed E-state index contributed by atoms with van der Waals surface area (Å²) in [5, 5.41) is 12.8. The molecule has 2 N–H and O–H groups in total. The van der Waals surface area contributed by atoms with E-state index in [2.05, 4.69) is 44.8 Å². The Balaban J connectivity index is 4.55. The molecule has 0 heterocycles. The smallest absolute Gasteiger partial charge is 0.0558 e. The van der Waals surface area contributed by atoms with Gasteiger partial charge in [0.15, 0.2) is 0 Å². The number of nitrogens with zero attached hydrogens (tertiary/aromatic N) is 1. The fourth-order valence-electron chi connectivity index (χ4n) is 2.47. The number of hydrogen-bond acceptors (Lipinski definition) is 3. The summed E-state index contributed by atoms with van der Waals surface area (Å²) in [6.07, 6.45) is 4.83. The Kier molecular flexibility index (Phi) is 10.6. The number of aliphatic hydroxyl groups is 1. The molecule has 0 atom stereocenters. The van der Waals surface area contributed by atoms with Crippen molar-refractivity contribution in [2.75, 3.05) is 32.8 Å². The van der Waals surface area contributed by atoms with Crippen LogP contribution in [0.25, 0.3) is 0 Å². The zero-order chi connectivity index (χ0) is 14.7. The van der Waals surface area contributed by atoms with Crippen LogP contribution in [0.4, 0.5) is 0 Å². The second-order valence-electron chi connectivity index (χ2n) is 6.10. The summed E-state index contributed by atoms with van der Waals surface area (Å²) in [5.41, 5.74) is 0.340. The van der Waals surface area contributed by atoms with Crippen LogP contribution in [0.15, 0.2) is 0 Å². The van der Waals surface area contributed by atoms with E-state index >= 15 is 0 Å². The lowest BCUT2D eigenvalue weighted by Crippen LogP contribution is -2.46. The van der Waals surface area contributed by atoms with Crippen molar-refractivity contribution in [3.8, 4) is 0 Å². The molecule has 116 valence electrons. The monoisotopic (exact) mass is 272 g/mol. The van der Waals surface area contributed by atoms with Crippen molar-refractivity contribution < 1.29 is 5.11 Å². The van der Waals surface area contributed by atoms with E-state index in [-0.39, 0.29) is 6.61 Å². The zero-order valence-electron chi connectivity index (χ0n) is 13.8. The van der Waals surface area contributed by atoms with E-state index in [1.54, 1.807) is 0 Å². The fraction of sp³-hybridized carbons (Fsp3) is 1.00. The molecule has 3 nitrogen and oxygen atoms in total. The molecule has 19 heavy (non-hydrogen) atoms. The molecule has 0 fully saturated rings. The van der Waals surface area contributed by atoms with Gasteiger partial charge in [-0.3, -0.25) is 0 Å². The molecule has 3 heteroatoms. The molecule has 0 aliphatic carbocycles. The van der Waals surface area contributed by atoms with Crippen LogP contribution >= 0.6 is 0 Å². The summed E-state index contributed by atoms with van der Waals surface area (Å²) in [7, 11) is 0. The minimum atomic E-state index is 0.269. The second kappa shape index (κ2) is 10.6. The highest BCUT2D eigenvalue weighted by Gasteiger charge is 2.28. The molecule has 0 amide bonds. The van der Waals surface area contributed by atoms with Gasteiger partial charge in [0.05, 0.1) is 6.61 Å². The SMILES string of the molecule is CCCCN(CCO)CC(CC)(CC)CNC(C)C. The molecule has 0 radical (unpaired) electrons. The highest BCUT2D eigenvalue weighted by atomic mass is 16.3. The van der Waals surface area contributed by atoms with Crippen LogP contribution in [0.2, 0.25) is 0 Å². The first-order valence-electron chi connectivity index (χ1n) is 8.10. The third kappa shape index (κ3) is 7.91. The van der Waals surface area contributed by atoms with Crippen LogP contribution in [0, 0.1) is 5.41 Å². The maximum atomic E-state index is 9.24. The molecule has 0 rings (SSSR count). The average Bonchev–Trinajstić information content (AvgIpc) is 2.40. The molecule has 0 spiro atoms. The van der Waals surface area contributed by atoms with Crippen LogP contribution in [-0.2, 0) is 0 Å². The first kappa shape index (κ1) is 18.9. The minimum absolute atomic E-state index is 0.269. The van der Waals surface area contributed by atoms with Gasteiger partial charge in [0.1, 0.15) is 0 Å². The third-order valence-electron chi connectivity index (χ3n) is 4.19. The van der Waals surface area contributed by atoms with Gasteiger partial charge < -0.3 is 15.3 Å². The number of unbranched alkanes of at least 4 members (excludes halogenated alkanes) is 1. The maximum Gasteiger partial charge on any atom is 0.0558 e. The molecular formula is C16H36N2O. The zero-order valence-corrected chi connectivity index (χ0v) is 13.8. The Hall–Kier alpha value is -0.120. The Morgan fingerprint density at radius 1 is 1.11 bits per heavy atom. The van der Waals surface area contributed by atoms with Crippen molar-refractivity contribution >= 4 is 0 Å². The van der Waals surface area contributed by atoms with Crippen molar-refractivity contribution in [1.29, 1.82) is 0 Å². The molecule has 0 saturated heterocycles. The summed E-state index contributed by atoms with van der Waals surface area (Å²) in [6.45, 7) is 15.6. The van der Waals surface area contributed by atoms with Gasteiger partial charge in [-0.25, -0.2) is 0 Å². The summed E-state index contributed by atoms with van der Waals surface area (Å²) in [4.78, 5) is 2.44. The van der Waals surface area contributed by atoms with Crippen molar-refractivity contribution in [2.45, 2.75) is 66.3 Å². The van der Waals surface area contributed by atoms with E-state index in [9.17, 15) is 5.11 Å². The molecule has 0 aliphatic rings. The molecule has 0 aromatic rings. The van der Waals surface area contributed by atoms with Crippen LogP contribution in [0.5, 0.6) is 0 Å². The molecule has 0 unspecified atom stereocenters. The quantitative estimate of drug-likeness (QED) is 0.573. The van der Waals surface area contributed by atoms with Crippen molar-refractivity contribution in [2.24, 2.45) is 5.41 Å². The number of nitrogens with one attached hydrogen (secondary N) is 1. The van der Waals surface area contributed by atoms with Gasteiger partial charge in [-0.2, -0.15) is 0 Å². The Bertz CT molecular complexity index is 203. The molecule has 0 aromatic heterocycles. The number of aliphatic hydroxyl groups excluding tert-OH is 1. The van der Waals surface area contributed by atoms with Gasteiger partial charge in [-0.15, -0.1) is 0 Å². The lowest BCUT2D eigenvalue weighted by molar-refractivity contribution is 0.111. The summed E-state index contributed by atoms with van der Waals surface area (Å²) >= 11 is 0. The Labute approximate surface area is 120 Å². The average molecular weight is 272 g/mol. The molecule has 0 saturated carbocycles. The van der Waals surface area contributed by atoms with Crippen molar-refractivity contribution in [3.63, 3.8) is 0 Å². The van der Waals surface area contributed by atoms with Gasteiger partial charge in [0.25, 0.3) is 0 Å². The van der Waals surface area contributed by atoms with E-state index in [0.29, 0.717) is 11.5 Å². The molecule has 0 bridgehead atoms. The van der Waals surface area contributed by atoms with Crippen LogP contribution in [0.3, 0.4) is 0 Å². The van der Waals surface area contributed by atoms with Gasteiger partial charge in [-0.05, 0) is 31.2 Å². The highest BCUT2D eigenvalue weighted by Crippen LogP contribution is 2.27. The van der Waals surface area contributed by atoms with Crippen LogP contribution in [0.1, 0.15) is 60.3 Å². The van der Waals surface area contributed by atoms with Gasteiger partial charge in [0, 0.05) is 25.7 Å². The summed E-state index contributed by atoms with van der Waals surface area (Å²) in [5.74, 6) is 0. The van der Waals surface area contributed by atoms with E-state index in [1.165, 1.54) is 25.7 Å². The molecular weight excluding hydrogens is 236 g/mol. The predicted molar refractivity (Wildman–Crippen MR) is 84.6 cm³/mol. The molecule has 0 aromatic carbocycles. The lowest BCUT2D eigenvalue weighted by atomic mass is 9.81. The van der Waals surface area contributed by atoms with E-state index < -0.39 is 0 Å². The Morgan fingerprint density at radius 2 is 1.74 bits per heavy atom. The van der Waals surface area contributed by atoms with Crippen molar-refractivity contribution in [3.05, 3.63) is 0 Å². The highest BCUT2D eigenvalue weighted by molar-refractivity contribution is 4.83. The third-order valence-corrected chi connectivity index (χ3v) is 4.19. The second-order valence-corrected chi connectivity index (χ2v) is 6.10. The topological polar surface area (TPSA) is 35.5 Å². The van der Waals surface area contributed by atoms with Crippen LogP contribution in [-0.4, -0.2) is 48.8 Å².